The fourth-order valence-electron chi connectivity index (χ4n) is 2.91. The molecule has 1 aromatic carbocycles. The Balaban J connectivity index is 1.86. The fourth-order valence-corrected chi connectivity index (χ4v) is 4.38. The SMILES string of the molecule is CCNC(=O)[C@@H](C)NC(=O)C[NH+]1CCN(S(=O)(=O)c2cccc(F)c2)CC1. The number of quaternary nitrogens is 1. The van der Waals surface area contributed by atoms with Crippen LogP contribution < -0.4 is 15.5 Å². The van der Waals surface area contributed by atoms with Crippen LogP contribution in [0.15, 0.2) is 29.2 Å². The number of nitrogens with zero attached hydrogens (tertiary/aromatic N) is 1. The molecule has 1 atom stereocenters. The first-order chi connectivity index (χ1) is 12.7. The van der Waals surface area contributed by atoms with E-state index in [9.17, 15) is 22.4 Å². The molecule has 0 aliphatic carbocycles. The Bertz CT molecular complexity index is 779. The summed E-state index contributed by atoms with van der Waals surface area (Å²) < 4.78 is 39.8. The molecule has 1 aliphatic rings. The van der Waals surface area contributed by atoms with Crippen LogP contribution in [0.2, 0.25) is 0 Å². The van der Waals surface area contributed by atoms with Gasteiger partial charge in [0.25, 0.3) is 5.91 Å². The van der Waals surface area contributed by atoms with E-state index in [1.807, 2.05) is 0 Å². The lowest BCUT2D eigenvalue weighted by Crippen LogP contribution is -3.15. The zero-order valence-electron chi connectivity index (χ0n) is 15.5. The minimum atomic E-state index is -3.75. The Labute approximate surface area is 158 Å². The maximum Gasteiger partial charge on any atom is 0.275 e. The number of nitrogens with one attached hydrogen (secondary N) is 3. The number of hydrogen-bond donors (Lipinski definition) is 3. The molecule has 1 saturated heterocycles. The summed E-state index contributed by atoms with van der Waals surface area (Å²) in [5.74, 6) is -1.10. The van der Waals surface area contributed by atoms with Crippen LogP contribution in [0.4, 0.5) is 4.39 Å². The van der Waals surface area contributed by atoms with Gasteiger partial charge in [0.05, 0.1) is 31.1 Å². The quantitative estimate of drug-likeness (QED) is 0.510. The maximum absolute atomic E-state index is 13.3. The predicted octanol–water partition coefficient (Wildman–Crippen LogP) is -1.64. The first kappa shape index (κ1) is 21.3. The molecule has 2 amide bonds. The summed E-state index contributed by atoms with van der Waals surface area (Å²) in [7, 11) is -3.75. The summed E-state index contributed by atoms with van der Waals surface area (Å²) in [6.45, 7) is 5.47. The van der Waals surface area contributed by atoms with Crippen molar-refractivity contribution in [3.8, 4) is 0 Å². The van der Waals surface area contributed by atoms with Crippen molar-refractivity contribution in [3.63, 3.8) is 0 Å². The molecule has 150 valence electrons. The molecule has 10 heteroatoms. The Morgan fingerprint density at radius 3 is 2.56 bits per heavy atom. The largest absolute Gasteiger partial charge is 0.355 e. The second-order valence-corrected chi connectivity index (χ2v) is 8.41. The molecule has 0 bridgehead atoms. The van der Waals surface area contributed by atoms with Crippen LogP contribution in [0, 0.1) is 5.82 Å². The van der Waals surface area contributed by atoms with Crippen molar-refractivity contribution in [2.75, 3.05) is 39.3 Å². The number of likely N-dealkylation sites (N-methyl/N-ethyl adjacent to an activating group) is 1. The van der Waals surface area contributed by atoms with Gasteiger partial charge in [0.2, 0.25) is 15.9 Å². The minimum Gasteiger partial charge on any atom is -0.355 e. The molecule has 0 radical (unpaired) electrons. The van der Waals surface area contributed by atoms with E-state index < -0.39 is 21.9 Å². The van der Waals surface area contributed by atoms with Gasteiger partial charge in [-0.15, -0.1) is 0 Å². The summed E-state index contributed by atoms with van der Waals surface area (Å²) in [6.07, 6.45) is 0. The third kappa shape index (κ3) is 5.72. The first-order valence-corrected chi connectivity index (χ1v) is 10.3. The Morgan fingerprint density at radius 2 is 1.96 bits per heavy atom. The molecule has 3 N–H and O–H groups in total. The highest BCUT2D eigenvalue weighted by Gasteiger charge is 2.31. The van der Waals surface area contributed by atoms with Gasteiger partial charge >= 0.3 is 0 Å². The van der Waals surface area contributed by atoms with E-state index in [1.165, 1.54) is 22.5 Å². The van der Waals surface area contributed by atoms with Crippen molar-refractivity contribution in [2.24, 2.45) is 0 Å². The maximum atomic E-state index is 13.3. The molecule has 1 heterocycles. The summed E-state index contributed by atoms with van der Waals surface area (Å²) >= 11 is 0. The zero-order chi connectivity index (χ0) is 20.0. The van der Waals surface area contributed by atoms with E-state index in [0.29, 0.717) is 19.6 Å². The average Bonchev–Trinajstić information content (AvgIpc) is 2.62. The number of benzene rings is 1. The number of carbonyl (C=O) groups excluding carboxylic acids is 2. The van der Waals surface area contributed by atoms with Gasteiger partial charge < -0.3 is 15.5 Å². The highest BCUT2D eigenvalue weighted by Crippen LogP contribution is 2.16. The number of amides is 2. The molecular formula is C17H26FN4O4S+. The molecule has 0 saturated carbocycles. The Kier molecular flexibility index (Phi) is 7.28. The normalized spacial score (nSPS) is 17.3. The van der Waals surface area contributed by atoms with E-state index in [4.69, 9.17) is 0 Å². The molecule has 1 aromatic rings. The van der Waals surface area contributed by atoms with Crippen molar-refractivity contribution in [1.82, 2.24) is 14.9 Å². The monoisotopic (exact) mass is 401 g/mol. The number of piperazine rings is 1. The number of carbonyl (C=O) groups is 2. The topological polar surface area (TPSA) is 100 Å². The Hall–Kier alpha value is -2.04. The van der Waals surface area contributed by atoms with Gasteiger partial charge in [-0.25, -0.2) is 12.8 Å². The molecule has 2 rings (SSSR count). The van der Waals surface area contributed by atoms with E-state index in [1.54, 1.807) is 13.8 Å². The highest BCUT2D eigenvalue weighted by molar-refractivity contribution is 7.89. The van der Waals surface area contributed by atoms with Crippen LogP contribution >= 0.6 is 0 Å². The van der Waals surface area contributed by atoms with Gasteiger partial charge in [0, 0.05) is 6.54 Å². The number of hydrogen-bond acceptors (Lipinski definition) is 4. The van der Waals surface area contributed by atoms with Crippen LogP contribution in [0.1, 0.15) is 13.8 Å². The van der Waals surface area contributed by atoms with Gasteiger partial charge in [-0.1, -0.05) is 6.07 Å². The molecule has 0 unspecified atom stereocenters. The first-order valence-electron chi connectivity index (χ1n) is 8.90. The van der Waals surface area contributed by atoms with Crippen molar-refractivity contribution < 1.29 is 27.3 Å². The molecule has 27 heavy (non-hydrogen) atoms. The van der Waals surface area contributed by atoms with Crippen LogP contribution in [-0.2, 0) is 19.6 Å². The van der Waals surface area contributed by atoms with Crippen molar-refractivity contribution in [1.29, 1.82) is 0 Å². The summed E-state index contributed by atoms with van der Waals surface area (Å²) in [4.78, 5) is 24.6. The van der Waals surface area contributed by atoms with Crippen LogP contribution in [0.25, 0.3) is 0 Å². The van der Waals surface area contributed by atoms with Gasteiger partial charge in [-0.3, -0.25) is 9.59 Å². The second kappa shape index (κ2) is 9.25. The molecule has 1 aliphatic heterocycles. The van der Waals surface area contributed by atoms with E-state index in [-0.39, 0.29) is 36.3 Å². The van der Waals surface area contributed by atoms with Crippen molar-refractivity contribution in [3.05, 3.63) is 30.1 Å². The van der Waals surface area contributed by atoms with Crippen LogP contribution in [0.3, 0.4) is 0 Å². The number of rotatable bonds is 7. The summed E-state index contributed by atoms with van der Waals surface area (Å²) in [5.41, 5.74) is 0. The third-order valence-corrected chi connectivity index (χ3v) is 6.29. The second-order valence-electron chi connectivity index (χ2n) is 6.47. The van der Waals surface area contributed by atoms with E-state index >= 15 is 0 Å². The summed E-state index contributed by atoms with van der Waals surface area (Å²) in [5, 5.41) is 5.28. The van der Waals surface area contributed by atoms with E-state index in [2.05, 4.69) is 10.6 Å². The number of sulfonamides is 1. The van der Waals surface area contributed by atoms with Gasteiger partial charge in [0.15, 0.2) is 6.54 Å². The fraction of sp³-hybridized carbons (Fsp3) is 0.529. The lowest BCUT2D eigenvalue weighted by atomic mass is 10.3. The smallest absolute Gasteiger partial charge is 0.275 e. The molecule has 8 nitrogen and oxygen atoms in total. The van der Waals surface area contributed by atoms with Crippen LogP contribution in [-0.4, -0.2) is 69.8 Å². The standard InChI is InChI=1S/C17H25FN4O4S/c1-3-19-17(24)13(2)20-16(23)12-21-7-9-22(10-8-21)27(25,26)15-6-4-5-14(18)11-15/h4-6,11,13H,3,7-10,12H2,1-2H3,(H,19,24)(H,20,23)/p+1/t13-/m1/s1. The molecule has 1 fully saturated rings. The minimum absolute atomic E-state index is 0.0699. The summed E-state index contributed by atoms with van der Waals surface area (Å²) in [6, 6.07) is 4.32. The lowest BCUT2D eigenvalue weighted by Gasteiger charge is -2.31. The molecule has 0 aromatic heterocycles. The van der Waals surface area contributed by atoms with Crippen LogP contribution in [0.5, 0.6) is 0 Å². The molecule has 0 spiro atoms. The van der Waals surface area contributed by atoms with Crippen molar-refractivity contribution >= 4 is 21.8 Å². The van der Waals surface area contributed by atoms with Gasteiger partial charge in [-0.05, 0) is 32.0 Å². The number of halogens is 1. The van der Waals surface area contributed by atoms with Gasteiger partial charge in [0.1, 0.15) is 11.9 Å². The lowest BCUT2D eigenvalue weighted by molar-refractivity contribution is -0.895. The van der Waals surface area contributed by atoms with E-state index in [0.717, 1.165) is 11.0 Å². The predicted molar refractivity (Wildman–Crippen MR) is 97.0 cm³/mol. The van der Waals surface area contributed by atoms with Crippen molar-refractivity contribution in [2.45, 2.75) is 24.8 Å². The molecular weight excluding hydrogens is 375 g/mol. The Morgan fingerprint density at radius 1 is 1.30 bits per heavy atom. The average molecular weight is 401 g/mol. The third-order valence-electron chi connectivity index (χ3n) is 4.40. The highest BCUT2D eigenvalue weighted by atomic mass is 32.2. The zero-order valence-corrected chi connectivity index (χ0v) is 16.3. The van der Waals surface area contributed by atoms with Gasteiger partial charge in [-0.2, -0.15) is 4.31 Å².